The number of carbonyl (C=O) groups is 2. The highest BCUT2D eigenvalue weighted by molar-refractivity contribution is 6.33. The van der Waals surface area contributed by atoms with Gasteiger partial charge in [-0.05, 0) is 51.0 Å². The summed E-state index contributed by atoms with van der Waals surface area (Å²) in [5.41, 5.74) is 1.29. The number of carbonyl (C=O) groups excluding carboxylic acids is 2. The molecule has 0 aliphatic heterocycles. The zero-order valence-electron chi connectivity index (χ0n) is 21.0. The predicted octanol–water partition coefficient (Wildman–Crippen LogP) is 6.82. The molecule has 0 bridgehead atoms. The van der Waals surface area contributed by atoms with Crippen molar-refractivity contribution in [3.05, 3.63) is 110 Å². The van der Waals surface area contributed by atoms with Crippen LogP contribution in [0.15, 0.2) is 72.8 Å². The van der Waals surface area contributed by atoms with Gasteiger partial charge in [0.15, 0.2) is 0 Å². The van der Waals surface area contributed by atoms with Gasteiger partial charge >= 0.3 is 11.9 Å². The summed E-state index contributed by atoms with van der Waals surface area (Å²) in [5.74, 6) is -2.29. The van der Waals surface area contributed by atoms with Gasteiger partial charge < -0.3 is 9.47 Å². The van der Waals surface area contributed by atoms with Crippen molar-refractivity contribution in [3.63, 3.8) is 0 Å². The first kappa shape index (κ1) is 27.6. The average Bonchev–Trinajstić information content (AvgIpc) is 2.83. The molecule has 0 radical (unpaired) electrons. The van der Waals surface area contributed by atoms with Crippen LogP contribution in [0.2, 0.25) is 5.02 Å². The zero-order valence-corrected chi connectivity index (χ0v) is 21.8. The Hall–Kier alpha value is -3.97. The molecule has 8 heteroatoms. The third kappa shape index (κ3) is 7.05. The quantitative estimate of drug-likeness (QED) is 0.101. The van der Waals surface area contributed by atoms with Crippen molar-refractivity contribution in [3.8, 4) is 0 Å². The van der Waals surface area contributed by atoms with E-state index >= 15 is 0 Å². The number of rotatable bonds is 9. The molecule has 0 saturated heterocycles. The van der Waals surface area contributed by atoms with Crippen LogP contribution in [0.25, 0.3) is 11.6 Å². The zero-order chi connectivity index (χ0) is 27.1. The second kappa shape index (κ2) is 12.3. The highest BCUT2D eigenvalue weighted by Gasteiger charge is 2.32. The molecule has 0 aliphatic carbocycles. The smallest absolute Gasteiger partial charge is 0.339 e. The lowest BCUT2D eigenvalue weighted by molar-refractivity contribution is -0.385. The molecule has 1 atom stereocenters. The number of nitro groups is 1. The minimum atomic E-state index is -1.07. The molecule has 192 valence electrons. The average molecular weight is 522 g/mol. The van der Waals surface area contributed by atoms with E-state index in [-0.39, 0.29) is 33.5 Å². The van der Waals surface area contributed by atoms with Crippen molar-refractivity contribution >= 4 is 40.9 Å². The molecule has 3 rings (SSSR count). The first-order valence-corrected chi connectivity index (χ1v) is 12.2. The van der Waals surface area contributed by atoms with Crippen molar-refractivity contribution in [2.24, 2.45) is 0 Å². The fraction of sp³-hybridized carbons (Fsp3) is 0.241. The van der Waals surface area contributed by atoms with Crippen LogP contribution in [0.5, 0.6) is 0 Å². The van der Waals surface area contributed by atoms with Gasteiger partial charge in [0.1, 0.15) is 5.92 Å². The van der Waals surface area contributed by atoms with E-state index in [1.807, 2.05) is 6.07 Å². The molecular weight excluding hydrogens is 494 g/mol. The molecule has 0 N–H and O–H groups in total. The number of benzene rings is 3. The summed E-state index contributed by atoms with van der Waals surface area (Å²) in [6.07, 6.45) is 0.671. The lowest BCUT2D eigenvalue weighted by Crippen LogP contribution is -2.21. The minimum absolute atomic E-state index is 0.0926. The van der Waals surface area contributed by atoms with Gasteiger partial charge in [0.2, 0.25) is 0 Å². The molecule has 0 aromatic heterocycles. The number of hydrogen-bond donors (Lipinski definition) is 0. The Morgan fingerprint density at radius 3 is 2.00 bits per heavy atom. The van der Waals surface area contributed by atoms with E-state index in [0.717, 1.165) is 0 Å². The Balaban J connectivity index is 2.21. The fourth-order valence-electron chi connectivity index (χ4n) is 3.79. The van der Waals surface area contributed by atoms with Crippen molar-refractivity contribution in [1.82, 2.24) is 0 Å². The monoisotopic (exact) mass is 521 g/mol. The van der Waals surface area contributed by atoms with Crippen molar-refractivity contribution < 1.29 is 24.0 Å². The molecule has 3 aromatic rings. The molecule has 0 amide bonds. The third-order valence-electron chi connectivity index (χ3n) is 5.32. The Morgan fingerprint density at radius 2 is 1.46 bits per heavy atom. The van der Waals surface area contributed by atoms with E-state index in [4.69, 9.17) is 21.1 Å². The SMILES string of the molecule is CC(C)OC(=O)/C(=C/c1cc([N+](=O)[O-])c(C(C(=O)OC(C)C)c2ccccc2)cc1Cl)c1ccccc1. The van der Waals surface area contributed by atoms with E-state index in [9.17, 15) is 19.7 Å². The first-order valence-electron chi connectivity index (χ1n) is 11.8. The molecule has 37 heavy (non-hydrogen) atoms. The first-order chi connectivity index (χ1) is 17.6. The highest BCUT2D eigenvalue weighted by Crippen LogP contribution is 2.38. The van der Waals surface area contributed by atoms with Gasteiger partial charge in [0.05, 0.1) is 28.3 Å². The summed E-state index contributed by atoms with van der Waals surface area (Å²) in [4.78, 5) is 37.7. The second-order valence-electron chi connectivity index (χ2n) is 8.90. The molecule has 7 nitrogen and oxygen atoms in total. The number of hydrogen-bond acceptors (Lipinski definition) is 6. The largest absolute Gasteiger partial charge is 0.462 e. The predicted molar refractivity (Wildman–Crippen MR) is 143 cm³/mol. The highest BCUT2D eigenvalue weighted by atomic mass is 35.5. The molecule has 0 aliphatic rings. The standard InChI is InChI=1S/C29H28ClNO6/c1-18(2)36-28(32)23(20-11-7-5-8-12-20)15-22-16-26(31(34)35)24(17-25(22)30)27(29(33)37-19(3)4)21-13-9-6-10-14-21/h5-19,27H,1-4H3/b23-15+. The van der Waals surface area contributed by atoms with Gasteiger partial charge in [-0.1, -0.05) is 72.3 Å². The van der Waals surface area contributed by atoms with E-state index < -0.39 is 28.9 Å². The van der Waals surface area contributed by atoms with Crippen LogP contribution in [-0.2, 0) is 19.1 Å². The molecule has 0 spiro atoms. The molecular formula is C29H28ClNO6. The summed E-state index contributed by atoms with van der Waals surface area (Å²) < 4.78 is 10.8. The maximum absolute atomic E-state index is 13.1. The minimum Gasteiger partial charge on any atom is -0.462 e. The van der Waals surface area contributed by atoms with Crippen LogP contribution in [-0.4, -0.2) is 29.1 Å². The summed E-state index contributed by atoms with van der Waals surface area (Å²) in [6, 6.07) is 20.1. The van der Waals surface area contributed by atoms with Gasteiger partial charge in [0, 0.05) is 16.7 Å². The van der Waals surface area contributed by atoms with Crippen LogP contribution < -0.4 is 0 Å². The maximum atomic E-state index is 13.1. The molecule has 0 fully saturated rings. The summed E-state index contributed by atoms with van der Waals surface area (Å²) >= 11 is 6.62. The molecule has 3 aromatic carbocycles. The van der Waals surface area contributed by atoms with Crippen molar-refractivity contribution in [1.29, 1.82) is 0 Å². The van der Waals surface area contributed by atoms with E-state index in [1.54, 1.807) is 82.3 Å². The maximum Gasteiger partial charge on any atom is 0.339 e. The van der Waals surface area contributed by atoms with Crippen LogP contribution in [0.1, 0.15) is 55.9 Å². The van der Waals surface area contributed by atoms with Gasteiger partial charge in [-0.3, -0.25) is 14.9 Å². The Kier molecular flexibility index (Phi) is 9.20. The summed E-state index contributed by atoms with van der Waals surface area (Å²) in [7, 11) is 0. The van der Waals surface area contributed by atoms with Gasteiger partial charge in [-0.15, -0.1) is 0 Å². The van der Waals surface area contributed by atoms with Crippen LogP contribution in [0.3, 0.4) is 0 Å². The van der Waals surface area contributed by atoms with Crippen LogP contribution in [0, 0.1) is 10.1 Å². The number of nitro benzene ring substituents is 1. The Bertz CT molecular complexity index is 1300. The van der Waals surface area contributed by atoms with E-state index in [1.165, 1.54) is 18.2 Å². The van der Waals surface area contributed by atoms with Gasteiger partial charge in [-0.25, -0.2) is 4.79 Å². The van der Waals surface area contributed by atoms with E-state index in [2.05, 4.69) is 0 Å². The van der Waals surface area contributed by atoms with Gasteiger partial charge in [-0.2, -0.15) is 0 Å². The number of nitrogens with zero attached hydrogens (tertiary/aromatic N) is 1. The molecule has 0 saturated carbocycles. The normalized spacial score (nSPS) is 12.4. The second-order valence-corrected chi connectivity index (χ2v) is 9.30. The molecule has 1 unspecified atom stereocenters. The van der Waals surface area contributed by atoms with Crippen molar-refractivity contribution in [2.75, 3.05) is 0 Å². The molecule has 0 heterocycles. The summed E-state index contributed by atoms with van der Waals surface area (Å²) in [6.45, 7) is 6.87. The van der Waals surface area contributed by atoms with Gasteiger partial charge in [0.25, 0.3) is 5.69 Å². The third-order valence-corrected chi connectivity index (χ3v) is 5.65. The number of ether oxygens (including phenoxy) is 2. The van der Waals surface area contributed by atoms with Crippen molar-refractivity contribution in [2.45, 2.75) is 45.8 Å². The topological polar surface area (TPSA) is 95.7 Å². The van der Waals surface area contributed by atoms with Crippen LogP contribution >= 0.6 is 11.6 Å². The summed E-state index contributed by atoms with van der Waals surface area (Å²) in [5, 5.41) is 12.3. The Morgan fingerprint density at radius 1 is 0.892 bits per heavy atom. The fourth-order valence-corrected chi connectivity index (χ4v) is 4.02. The van der Waals surface area contributed by atoms with E-state index in [0.29, 0.717) is 11.1 Å². The lowest BCUT2D eigenvalue weighted by atomic mass is 9.89. The number of esters is 2. The van der Waals surface area contributed by atoms with Crippen LogP contribution in [0.4, 0.5) is 5.69 Å². The number of halogens is 1. The lowest BCUT2D eigenvalue weighted by Gasteiger charge is -2.19. The Labute approximate surface area is 220 Å².